The zero-order valence-corrected chi connectivity index (χ0v) is 34.1. The number of aromatic hydroxyl groups is 2. The first-order valence-corrected chi connectivity index (χ1v) is 19.3. The first-order valence-electron chi connectivity index (χ1n) is 19.3. The number of benzene rings is 2. The molecule has 15 nitrogen and oxygen atoms in total. The Morgan fingerprint density at radius 1 is 1.10 bits per heavy atom. The van der Waals surface area contributed by atoms with Crippen LogP contribution in [0.5, 0.6) is 11.5 Å². The van der Waals surface area contributed by atoms with Crippen LogP contribution in [0, 0.1) is 23.7 Å². The Morgan fingerprint density at radius 2 is 1.85 bits per heavy atom. The maximum absolute atomic E-state index is 13.3. The molecule has 2 amide bonds. The number of nitrogens with two attached hydrogens (primary N) is 1. The second-order valence-electron chi connectivity index (χ2n) is 14.7. The summed E-state index contributed by atoms with van der Waals surface area (Å²) in [5.74, 6) is 4.29. The number of nitrogens with zero attached hydrogens (tertiary/aromatic N) is 2. The van der Waals surface area contributed by atoms with Crippen molar-refractivity contribution >= 4 is 46.4 Å². The Bertz CT molecular complexity index is 2260. The Balaban J connectivity index is 1.53. The van der Waals surface area contributed by atoms with Crippen molar-refractivity contribution in [3.05, 3.63) is 87.1 Å². The highest BCUT2D eigenvalue weighted by atomic mass is 16.6. The molecular weight excluding hydrogens is 761 g/mol. The third-order valence-corrected chi connectivity index (χ3v) is 10.3. The normalized spacial score (nSPS) is 25.3. The Hall–Kier alpha value is -5.92. The van der Waals surface area contributed by atoms with Gasteiger partial charge in [-0.3, -0.25) is 9.59 Å². The molecule has 5 rings (SSSR count). The zero-order valence-electron chi connectivity index (χ0n) is 34.1. The topological polar surface area (TPSA) is 216 Å². The number of nitrogens with one attached hydrogen (secondary N) is 1. The van der Waals surface area contributed by atoms with Gasteiger partial charge < -0.3 is 54.6 Å². The predicted molar refractivity (Wildman–Crippen MR) is 224 cm³/mol. The average molecular weight is 813 g/mol. The second kappa shape index (κ2) is 20.2. The van der Waals surface area contributed by atoms with Gasteiger partial charge in [0.2, 0.25) is 0 Å². The molecule has 0 saturated carbocycles. The molecule has 2 bridgehead atoms. The van der Waals surface area contributed by atoms with E-state index in [9.17, 15) is 29.7 Å². The molecular formula is C44H52N4O11. The van der Waals surface area contributed by atoms with Crippen LogP contribution in [0.3, 0.4) is 0 Å². The van der Waals surface area contributed by atoms with Crippen LogP contribution in [-0.4, -0.2) is 98.5 Å². The number of aliphatic imine (C=N–C) groups is 1. The van der Waals surface area contributed by atoms with Gasteiger partial charge in [-0.1, -0.05) is 50.1 Å². The van der Waals surface area contributed by atoms with Gasteiger partial charge in [0.25, 0.3) is 5.91 Å². The minimum Gasteiger partial charge on any atom is -0.506 e. The van der Waals surface area contributed by atoms with Gasteiger partial charge in [-0.05, 0) is 56.2 Å². The number of carbonyl (C=O) groups excluding carboxylic acids is 2. The lowest BCUT2D eigenvalue weighted by atomic mass is 9.87. The highest BCUT2D eigenvalue weighted by Crippen LogP contribution is 2.44. The van der Waals surface area contributed by atoms with Gasteiger partial charge in [-0.15, -0.1) is 0 Å². The van der Waals surface area contributed by atoms with Crippen LogP contribution in [0.25, 0.3) is 11.0 Å². The fraction of sp³-hybridized carbons (Fsp3) is 0.409. The third-order valence-electron chi connectivity index (χ3n) is 10.3. The molecule has 3 aromatic rings. The van der Waals surface area contributed by atoms with Crippen molar-refractivity contribution in [1.82, 2.24) is 0 Å². The van der Waals surface area contributed by atoms with Crippen LogP contribution in [0.1, 0.15) is 45.2 Å². The molecule has 3 heterocycles. The summed E-state index contributed by atoms with van der Waals surface area (Å²) in [6.07, 6.45) is 3.65. The molecule has 0 radical (unpaired) electrons. The summed E-state index contributed by atoms with van der Waals surface area (Å²) in [5.41, 5.74) is 6.96. The SMILES string of the molecule is CO[C@H]1C=C/C=C(\C)C(=O)Nc2cc(O)c(N=CC#Cc3cccc4c(=O)cc(N5CCOCC5)oc34)c(c2O)C[C@@H](C)C[C@H](OC)[C@H](O)[C@@H](C)/C=C(\C)[C@@H]1OC(N)=O. The predicted octanol–water partition coefficient (Wildman–Crippen LogP) is 5.26. The highest BCUT2D eigenvalue weighted by Gasteiger charge is 2.30. The van der Waals surface area contributed by atoms with Gasteiger partial charge in [-0.2, -0.15) is 0 Å². The number of primary amides is 1. The van der Waals surface area contributed by atoms with E-state index >= 15 is 0 Å². The molecule has 1 aromatic heterocycles. The highest BCUT2D eigenvalue weighted by molar-refractivity contribution is 6.05. The molecule has 15 heteroatoms. The number of allylic oxidation sites excluding steroid dienone is 2. The number of phenolic OH excluding ortho intramolecular Hbond substituents is 2. The van der Waals surface area contributed by atoms with Crippen LogP contribution in [0.2, 0.25) is 0 Å². The monoisotopic (exact) mass is 812 g/mol. The first kappa shape index (κ1) is 44.2. The number of rotatable bonds is 5. The van der Waals surface area contributed by atoms with Crippen molar-refractivity contribution in [2.24, 2.45) is 22.6 Å². The van der Waals surface area contributed by atoms with Crippen LogP contribution in [-0.2, 0) is 30.2 Å². The molecule has 1 saturated heterocycles. The summed E-state index contributed by atoms with van der Waals surface area (Å²) in [6.45, 7) is 9.17. The fourth-order valence-electron chi connectivity index (χ4n) is 7.15. The average Bonchev–Trinajstić information content (AvgIpc) is 3.21. The summed E-state index contributed by atoms with van der Waals surface area (Å²) in [6, 6.07) is 7.76. The number of para-hydroxylation sites is 1. The largest absolute Gasteiger partial charge is 0.506 e. The van der Waals surface area contributed by atoms with E-state index in [0.717, 1.165) is 0 Å². The lowest BCUT2D eigenvalue weighted by molar-refractivity contribution is -0.112. The molecule has 0 unspecified atom stereocenters. The standard InChI is InChI=1S/C44H52N4O11/c1-25-20-31-38(46-15-9-12-29-11-8-13-30-33(49)24-37(58-42(29)30)48-16-18-57-19-17-48)34(50)23-32(40(31)52)47-43(53)26(2)10-7-14-35(55-5)41(59-44(45)54)28(4)22-27(3)39(51)36(21-25)56-6/h7-8,10-11,13-15,22-25,27,35-36,39,41,50-52H,16-21H2,1-6H3,(H2,45,54)(H,47,53)/b14-7?,26-10+,28-22+,46-15?/t25-,27+,35+,36+,39-,41+/m1/s1. The second-order valence-corrected chi connectivity index (χ2v) is 14.7. The number of hydrogen-bond acceptors (Lipinski definition) is 13. The van der Waals surface area contributed by atoms with E-state index in [-0.39, 0.29) is 51.8 Å². The number of morpholine rings is 1. The van der Waals surface area contributed by atoms with Crippen molar-refractivity contribution in [3.8, 4) is 23.3 Å². The molecule has 0 aliphatic carbocycles. The summed E-state index contributed by atoms with van der Waals surface area (Å²) in [7, 11) is 2.91. The number of phenols is 2. The minimum atomic E-state index is -1.02. The smallest absolute Gasteiger partial charge is 0.405 e. The zero-order chi connectivity index (χ0) is 42.8. The van der Waals surface area contributed by atoms with E-state index in [1.54, 1.807) is 57.2 Å². The summed E-state index contributed by atoms with van der Waals surface area (Å²) >= 11 is 0. The van der Waals surface area contributed by atoms with Gasteiger partial charge in [0, 0.05) is 56.5 Å². The first-order chi connectivity index (χ1) is 28.2. The Labute approximate surface area is 342 Å². The molecule has 314 valence electrons. The molecule has 0 spiro atoms. The quantitative estimate of drug-likeness (QED) is 0.0734. The number of aliphatic hydroxyl groups is 1. The van der Waals surface area contributed by atoms with Crippen molar-refractivity contribution in [1.29, 1.82) is 0 Å². The number of methoxy groups -OCH3 is 2. The van der Waals surface area contributed by atoms with Crippen LogP contribution < -0.4 is 21.4 Å². The van der Waals surface area contributed by atoms with Gasteiger partial charge in [-0.25, -0.2) is 9.79 Å². The van der Waals surface area contributed by atoms with Crippen molar-refractivity contribution in [2.75, 3.05) is 50.7 Å². The van der Waals surface area contributed by atoms with E-state index in [0.29, 0.717) is 60.7 Å². The maximum Gasteiger partial charge on any atom is 0.405 e. The van der Waals surface area contributed by atoms with Crippen molar-refractivity contribution < 1.29 is 48.3 Å². The van der Waals surface area contributed by atoms with E-state index in [2.05, 4.69) is 22.2 Å². The number of fused-ring (bicyclic) bond motifs is 3. The number of amides is 2. The Morgan fingerprint density at radius 3 is 2.54 bits per heavy atom. The summed E-state index contributed by atoms with van der Waals surface area (Å²) in [5, 5.41) is 37.5. The van der Waals surface area contributed by atoms with Gasteiger partial charge >= 0.3 is 6.09 Å². The van der Waals surface area contributed by atoms with Crippen molar-refractivity contribution in [3.63, 3.8) is 0 Å². The molecule has 2 aliphatic rings. The van der Waals surface area contributed by atoms with Gasteiger partial charge in [0.05, 0.1) is 48.3 Å². The van der Waals surface area contributed by atoms with E-state index in [4.69, 9.17) is 29.1 Å². The van der Waals surface area contributed by atoms with Crippen LogP contribution in [0.15, 0.2) is 80.0 Å². The van der Waals surface area contributed by atoms with Crippen molar-refractivity contribution in [2.45, 2.75) is 65.0 Å². The molecule has 2 aromatic carbocycles. The van der Waals surface area contributed by atoms with Crippen LogP contribution >= 0.6 is 0 Å². The Kier molecular flexibility index (Phi) is 15.1. The number of aliphatic hydroxyl groups excluding tert-OH is 1. The fourth-order valence-corrected chi connectivity index (χ4v) is 7.15. The molecule has 59 heavy (non-hydrogen) atoms. The minimum absolute atomic E-state index is 0.0225. The molecule has 1 fully saturated rings. The summed E-state index contributed by atoms with van der Waals surface area (Å²) < 4.78 is 28.4. The molecule has 6 atom stereocenters. The van der Waals surface area contributed by atoms with Gasteiger partial charge in [0.1, 0.15) is 23.3 Å². The lowest BCUT2D eigenvalue weighted by Crippen LogP contribution is -2.37. The number of anilines is 2. The summed E-state index contributed by atoms with van der Waals surface area (Å²) in [4.78, 5) is 44.7. The molecule has 2 aliphatic heterocycles. The molecule has 6 N–H and O–H groups in total. The van der Waals surface area contributed by atoms with E-state index in [1.807, 2.05) is 11.8 Å². The lowest BCUT2D eigenvalue weighted by Gasteiger charge is -2.29. The van der Waals surface area contributed by atoms with E-state index < -0.39 is 42.3 Å². The number of ether oxygens (including phenoxy) is 4. The third kappa shape index (κ3) is 11.0. The number of carbonyl (C=O) groups is 2. The van der Waals surface area contributed by atoms with Gasteiger partial charge in [0.15, 0.2) is 23.0 Å². The number of hydrogen-bond donors (Lipinski definition) is 5. The van der Waals surface area contributed by atoms with Crippen LogP contribution in [0.4, 0.5) is 22.1 Å². The maximum atomic E-state index is 13.3. The van der Waals surface area contributed by atoms with E-state index in [1.165, 1.54) is 38.6 Å².